The number of benzene rings is 2. The lowest BCUT2D eigenvalue weighted by molar-refractivity contribution is -0.387. The van der Waals surface area contributed by atoms with Gasteiger partial charge in [-0.15, -0.1) is 11.8 Å². The fourth-order valence-electron chi connectivity index (χ4n) is 2.44. The normalized spacial score (nSPS) is 11.8. The van der Waals surface area contributed by atoms with Crippen molar-refractivity contribution in [2.45, 2.75) is 37.7 Å². The number of carbonyl (C=O) groups is 2. The number of hydrogen-bond donors (Lipinski definition) is 1. The van der Waals surface area contributed by atoms with Crippen molar-refractivity contribution in [1.82, 2.24) is 0 Å². The molecule has 0 aliphatic heterocycles. The lowest BCUT2D eigenvalue weighted by atomic mass is 10.0. The fraction of sp³-hybridized carbons (Fsp3) is 0.300. The molecule has 1 amide bonds. The van der Waals surface area contributed by atoms with Crippen LogP contribution in [0.2, 0.25) is 0 Å². The molecule has 2 rings (SSSR count). The Balaban J connectivity index is 2.04. The molecule has 28 heavy (non-hydrogen) atoms. The van der Waals surface area contributed by atoms with Gasteiger partial charge >= 0.3 is 5.97 Å². The highest BCUT2D eigenvalue weighted by atomic mass is 32.2. The molecule has 0 saturated carbocycles. The molecule has 7 nitrogen and oxygen atoms in total. The first-order valence-corrected chi connectivity index (χ1v) is 9.89. The summed E-state index contributed by atoms with van der Waals surface area (Å²) in [7, 11) is 0. The molecule has 0 unspecified atom stereocenters. The molecule has 1 atom stereocenters. The third kappa shape index (κ3) is 5.32. The minimum Gasteiger partial charge on any atom is -0.449 e. The zero-order chi connectivity index (χ0) is 20.8. The molecule has 0 saturated heterocycles. The van der Waals surface area contributed by atoms with Gasteiger partial charge in [0.2, 0.25) is 0 Å². The first-order valence-electron chi connectivity index (χ1n) is 8.67. The monoisotopic (exact) mass is 402 g/mol. The van der Waals surface area contributed by atoms with Crippen LogP contribution in [0.3, 0.4) is 0 Å². The minimum absolute atomic E-state index is 0.0189. The highest BCUT2D eigenvalue weighted by Crippen LogP contribution is 2.28. The number of nitro groups is 1. The average molecular weight is 402 g/mol. The highest BCUT2D eigenvalue weighted by molar-refractivity contribution is 7.98. The summed E-state index contributed by atoms with van der Waals surface area (Å²) >= 11 is 1.21. The molecular formula is C20H22N2O5S. The Labute approximate surface area is 167 Å². The molecule has 1 N–H and O–H groups in total. The van der Waals surface area contributed by atoms with Crippen molar-refractivity contribution in [2.24, 2.45) is 0 Å². The van der Waals surface area contributed by atoms with Crippen LogP contribution in [0.5, 0.6) is 0 Å². The standard InChI is InChI=1S/C20H22N2O5S/c1-12(2)14-5-8-16(9-6-14)21-19(23)13(3)27-20(24)15-7-10-18(28-4)17(11-15)22(25)26/h5-13H,1-4H3,(H,21,23)/t13-/m1/s1. The number of nitrogens with one attached hydrogen (secondary N) is 1. The van der Waals surface area contributed by atoms with Gasteiger partial charge in [0.05, 0.1) is 15.4 Å². The van der Waals surface area contributed by atoms with E-state index in [4.69, 9.17) is 4.74 Å². The second kappa shape index (κ2) is 9.36. The number of amides is 1. The van der Waals surface area contributed by atoms with E-state index in [1.54, 1.807) is 18.4 Å². The van der Waals surface area contributed by atoms with E-state index >= 15 is 0 Å². The first-order chi connectivity index (χ1) is 13.2. The quantitative estimate of drug-likeness (QED) is 0.314. The van der Waals surface area contributed by atoms with E-state index in [2.05, 4.69) is 19.2 Å². The lowest BCUT2D eigenvalue weighted by Crippen LogP contribution is -2.30. The third-order valence-electron chi connectivity index (χ3n) is 4.11. The van der Waals surface area contributed by atoms with E-state index in [-0.39, 0.29) is 11.3 Å². The Morgan fingerprint density at radius 1 is 1.11 bits per heavy atom. The summed E-state index contributed by atoms with van der Waals surface area (Å²) in [5.74, 6) is -0.902. The molecule has 0 radical (unpaired) electrons. The van der Waals surface area contributed by atoms with Crippen molar-refractivity contribution in [3.8, 4) is 0 Å². The number of anilines is 1. The van der Waals surface area contributed by atoms with Gasteiger partial charge in [-0.3, -0.25) is 14.9 Å². The van der Waals surface area contributed by atoms with E-state index in [0.29, 0.717) is 16.5 Å². The van der Waals surface area contributed by atoms with Gasteiger partial charge in [-0.05, 0) is 48.9 Å². The summed E-state index contributed by atoms with van der Waals surface area (Å²) in [5.41, 5.74) is 1.58. The molecule has 0 bridgehead atoms. The Morgan fingerprint density at radius 3 is 2.29 bits per heavy atom. The number of carbonyl (C=O) groups excluding carboxylic acids is 2. The van der Waals surface area contributed by atoms with E-state index in [0.717, 1.165) is 11.6 Å². The number of esters is 1. The van der Waals surface area contributed by atoms with Crippen molar-refractivity contribution in [3.05, 3.63) is 63.7 Å². The first kappa shape index (κ1) is 21.4. The zero-order valence-corrected chi connectivity index (χ0v) is 16.9. The maximum absolute atomic E-state index is 12.3. The zero-order valence-electron chi connectivity index (χ0n) is 16.1. The van der Waals surface area contributed by atoms with Crippen LogP contribution in [0.4, 0.5) is 11.4 Å². The van der Waals surface area contributed by atoms with Crippen LogP contribution in [0, 0.1) is 10.1 Å². The van der Waals surface area contributed by atoms with Crippen LogP contribution in [-0.4, -0.2) is 29.2 Å². The van der Waals surface area contributed by atoms with E-state index in [1.807, 2.05) is 12.1 Å². The van der Waals surface area contributed by atoms with Gasteiger partial charge in [-0.1, -0.05) is 26.0 Å². The van der Waals surface area contributed by atoms with Crippen molar-refractivity contribution < 1.29 is 19.2 Å². The molecule has 0 aromatic heterocycles. The van der Waals surface area contributed by atoms with Crippen LogP contribution in [0.25, 0.3) is 0 Å². The Hall–Kier alpha value is -2.87. The van der Waals surface area contributed by atoms with Crippen molar-refractivity contribution in [3.63, 3.8) is 0 Å². The lowest BCUT2D eigenvalue weighted by Gasteiger charge is -2.14. The summed E-state index contributed by atoms with van der Waals surface area (Å²) < 4.78 is 5.16. The smallest absolute Gasteiger partial charge is 0.339 e. The largest absolute Gasteiger partial charge is 0.449 e. The number of ether oxygens (including phenoxy) is 1. The second-order valence-electron chi connectivity index (χ2n) is 6.46. The summed E-state index contributed by atoms with van der Waals surface area (Å²) in [4.78, 5) is 35.6. The second-order valence-corrected chi connectivity index (χ2v) is 7.31. The SMILES string of the molecule is CSc1ccc(C(=O)O[C@H](C)C(=O)Nc2ccc(C(C)C)cc2)cc1[N+](=O)[O-]. The summed E-state index contributed by atoms with van der Waals surface area (Å²) in [5, 5.41) is 13.8. The molecule has 148 valence electrons. The molecule has 2 aromatic carbocycles. The Morgan fingerprint density at radius 2 is 1.75 bits per heavy atom. The molecule has 0 fully saturated rings. The number of nitrogens with zero attached hydrogens (tertiary/aromatic N) is 1. The number of rotatable bonds is 7. The van der Waals surface area contributed by atoms with Gasteiger partial charge in [0.1, 0.15) is 0 Å². The minimum atomic E-state index is -1.06. The fourth-order valence-corrected chi connectivity index (χ4v) is 2.98. The number of thioether (sulfide) groups is 1. The molecule has 2 aromatic rings. The molecule has 0 spiro atoms. The Kier molecular flexibility index (Phi) is 7.17. The third-order valence-corrected chi connectivity index (χ3v) is 4.89. The summed E-state index contributed by atoms with van der Waals surface area (Å²) in [6.45, 7) is 5.59. The van der Waals surface area contributed by atoms with Crippen molar-refractivity contribution in [2.75, 3.05) is 11.6 Å². The van der Waals surface area contributed by atoms with Gasteiger partial charge in [0.25, 0.3) is 11.6 Å². The van der Waals surface area contributed by atoms with Crippen LogP contribution < -0.4 is 5.32 Å². The van der Waals surface area contributed by atoms with Crippen LogP contribution in [0.1, 0.15) is 42.6 Å². The Bertz CT molecular complexity index is 881. The van der Waals surface area contributed by atoms with Crippen molar-refractivity contribution in [1.29, 1.82) is 0 Å². The maximum atomic E-state index is 12.3. The topological polar surface area (TPSA) is 98.5 Å². The molecular weight excluding hydrogens is 380 g/mol. The van der Waals surface area contributed by atoms with Crippen LogP contribution in [-0.2, 0) is 9.53 Å². The van der Waals surface area contributed by atoms with Gasteiger partial charge < -0.3 is 10.1 Å². The summed E-state index contributed by atoms with van der Waals surface area (Å²) in [6.07, 6.45) is 0.650. The van der Waals surface area contributed by atoms with Gasteiger partial charge in [-0.2, -0.15) is 0 Å². The number of nitro benzene ring substituents is 1. The highest BCUT2D eigenvalue weighted by Gasteiger charge is 2.22. The van der Waals surface area contributed by atoms with Gasteiger partial charge in [0.15, 0.2) is 6.10 Å². The van der Waals surface area contributed by atoms with Crippen LogP contribution >= 0.6 is 11.8 Å². The molecule has 0 heterocycles. The molecule has 8 heteroatoms. The molecule has 0 aliphatic rings. The molecule has 0 aliphatic carbocycles. The van der Waals surface area contributed by atoms with Crippen molar-refractivity contribution >= 4 is 35.0 Å². The van der Waals surface area contributed by atoms with E-state index in [9.17, 15) is 19.7 Å². The predicted octanol–water partition coefficient (Wildman–Crippen LogP) is 4.62. The van der Waals surface area contributed by atoms with Crippen LogP contribution in [0.15, 0.2) is 47.4 Å². The van der Waals surface area contributed by atoms with Gasteiger partial charge in [-0.25, -0.2) is 4.79 Å². The van der Waals surface area contributed by atoms with E-state index in [1.165, 1.54) is 30.8 Å². The van der Waals surface area contributed by atoms with E-state index < -0.39 is 22.9 Å². The number of hydrogen-bond acceptors (Lipinski definition) is 6. The summed E-state index contributed by atoms with van der Waals surface area (Å²) in [6, 6.07) is 11.5. The van der Waals surface area contributed by atoms with Gasteiger partial charge in [0, 0.05) is 11.8 Å². The predicted molar refractivity (Wildman–Crippen MR) is 109 cm³/mol. The average Bonchev–Trinajstić information content (AvgIpc) is 2.67. The maximum Gasteiger partial charge on any atom is 0.339 e.